The van der Waals surface area contributed by atoms with Gasteiger partial charge in [-0.3, -0.25) is 4.79 Å². The molecule has 0 unspecified atom stereocenters. The second-order valence-electron chi connectivity index (χ2n) is 4.98. The molecule has 3 aromatic rings. The molecule has 0 aliphatic rings. The highest BCUT2D eigenvalue weighted by Gasteiger charge is 2.08. The number of rotatable bonds is 4. The molecule has 0 atom stereocenters. The molecule has 108 valence electrons. The maximum Gasteiger partial charge on any atom is 0.249 e. The van der Waals surface area contributed by atoms with Crippen molar-refractivity contribution in [2.45, 2.75) is 0 Å². The molecule has 3 aromatic carbocycles. The van der Waals surface area contributed by atoms with Gasteiger partial charge in [0, 0.05) is 16.9 Å². The summed E-state index contributed by atoms with van der Waals surface area (Å²) < 4.78 is 0. The van der Waals surface area contributed by atoms with Gasteiger partial charge in [-0.05, 0) is 41.5 Å². The Hall–Kier alpha value is -3.07. The maximum absolute atomic E-state index is 11.5. The van der Waals surface area contributed by atoms with E-state index in [9.17, 15) is 4.79 Å². The normalized spacial score (nSPS) is 10.2. The number of para-hydroxylation sites is 1. The second kappa shape index (κ2) is 6.14. The third-order valence-corrected chi connectivity index (χ3v) is 3.45. The van der Waals surface area contributed by atoms with Gasteiger partial charge in [0.15, 0.2) is 0 Å². The fraction of sp³-hybridized carbons (Fsp3) is 0. The van der Waals surface area contributed by atoms with Crippen molar-refractivity contribution in [2.75, 3.05) is 5.32 Å². The van der Waals surface area contributed by atoms with E-state index in [1.54, 1.807) is 6.07 Å². The molecule has 3 N–H and O–H groups in total. The highest BCUT2D eigenvalue weighted by atomic mass is 16.1. The Bertz CT molecular complexity index is 780. The molecule has 0 saturated carbocycles. The third kappa shape index (κ3) is 2.99. The molecule has 22 heavy (non-hydrogen) atoms. The van der Waals surface area contributed by atoms with Gasteiger partial charge in [-0.2, -0.15) is 0 Å². The van der Waals surface area contributed by atoms with Crippen LogP contribution in [0.4, 0.5) is 11.4 Å². The molecule has 3 nitrogen and oxygen atoms in total. The zero-order valence-corrected chi connectivity index (χ0v) is 12.0. The molecule has 0 saturated heterocycles. The quantitative estimate of drug-likeness (QED) is 0.756. The van der Waals surface area contributed by atoms with E-state index in [0.717, 1.165) is 22.5 Å². The Balaban J connectivity index is 1.87. The van der Waals surface area contributed by atoms with Crippen LogP contribution >= 0.6 is 0 Å². The first-order chi connectivity index (χ1) is 10.7. The minimum Gasteiger partial charge on any atom is -0.366 e. The minimum atomic E-state index is -0.415. The van der Waals surface area contributed by atoms with Crippen LogP contribution in [0.5, 0.6) is 0 Å². The van der Waals surface area contributed by atoms with Crippen molar-refractivity contribution in [1.29, 1.82) is 0 Å². The molecule has 0 spiro atoms. The van der Waals surface area contributed by atoms with Crippen LogP contribution < -0.4 is 11.1 Å². The summed E-state index contributed by atoms with van der Waals surface area (Å²) in [5.41, 5.74) is 9.81. The number of benzene rings is 3. The van der Waals surface area contributed by atoms with Crippen molar-refractivity contribution >= 4 is 17.3 Å². The fourth-order valence-electron chi connectivity index (χ4n) is 2.37. The van der Waals surface area contributed by atoms with Gasteiger partial charge in [-0.25, -0.2) is 0 Å². The number of nitrogens with two attached hydrogens (primary N) is 1. The summed E-state index contributed by atoms with van der Waals surface area (Å²) in [6.45, 7) is 0. The van der Waals surface area contributed by atoms with Crippen molar-refractivity contribution < 1.29 is 4.79 Å². The fourth-order valence-corrected chi connectivity index (χ4v) is 2.37. The average molecular weight is 288 g/mol. The van der Waals surface area contributed by atoms with E-state index in [1.165, 1.54) is 0 Å². The van der Waals surface area contributed by atoms with Crippen LogP contribution in [0, 0.1) is 0 Å². The third-order valence-electron chi connectivity index (χ3n) is 3.45. The Morgan fingerprint density at radius 2 is 1.32 bits per heavy atom. The first-order valence-electron chi connectivity index (χ1n) is 7.05. The largest absolute Gasteiger partial charge is 0.366 e. The van der Waals surface area contributed by atoms with E-state index in [-0.39, 0.29) is 0 Å². The standard InChI is InChI=1S/C19H16N2O/c20-19(22)18-9-5-4-8-17(18)14-10-12-16(13-11-14)21-15-6-2-1-3-7-15/h1-13,21H,(H2,20,22). The summed E-state index contributed by atoms with van der Waals surface area (Å²) in [5, 5.41) is 3.33. The van der Waals surface area contributed by atoms with Crippen molar-refractivity contribution in [3.8, 4) is 11.1 Å². The molecule has 0 radical (unpaired) electrons. The van der Waals surface area contributed by atoms with Crippen molar-refractivity contribution in [3.63, 3.8) is 0 Å². The van der Waals surface area contributed by atoms with E-state index in [4.69, 9.17) is 5.73 Å². The smallest absolute Gasteiger partial charge is 0.249 e. The van der Waals surface area contributed by atoms with Crippen LogP contribution in [0.3, 0.4) is 0 Å². The number of anilines is 2. The molecule has 0 heterocycles. The van der Waals surface area contributed by atoms with Crippen LogP contribution in [0.25, 0.3) is 11.1 Å². The Kier molecular flexibility index (Phi) is 3.88. The lowest BCUT2D eigenvalue weighted by Crippen LogP contribution is -2.12. The molecular formula is C19H16N2O. The van der Waals surface area contributed by atoms with Gasteiger partial charge in [-0.1, -0.05) is 48.5 Å². The van der Waals surface area contributed by atoms with Gasteiger partial charge < -0.3 is 11.1 Å². The Morgan fingerprint density at radius 1 is 0.727 bits per heavy atom. The number of carbonyl (C=O) groups is 1. The van der Waals surface area contributed by atoms with E-state index in [0.29, 0.717) is 5.56 Å². The Morgan fingerprint density at radius 3 is 2.00 bits per heavy atom. The Labute approximate surface area is 129 Å². The zero-order chi connectivity index (χ0) is 15.4. The van der Waals surface area contributed by atoms with Crippen LogP contribution in [-0.4, -0.2) is 5.91 Å². The average Bonchev–Trinajstić information content (AvgIpc) is 2.56. The summed E-state index contributed by atoms with van der Waals surface area (Å²) in [6.07, 6.45) is 0. The first-order valence-corrected chi connectivity index (χ1v) is 7.05. The summed E-state index contributed by atoms with van der Waals surface area (Å²) in [7, 11) is 0. The summed E-state index contributed by atoms with van der Waals surface area (Å²) >= 11 is 0. The molecule has 0 bridgehead atoms. The SMILES string of the molecule is NC(=O)c1ccccc1-c1ccc(Nc2ccccc2)cc1. The molecule has 3 heteroatoms. The van der Waals surface area contributed by atoms with Crippen LogP contribution in [0.2, 0.25) is 0 Å². The number of carbonyl (C=O) groups excluding carboxylic acids is 1. The molecule has 0 aromatic heterocycles. The topological polar surface area (TPSA) is 55.1 Å². The molecule has 0 aliphatic heterocycles. The number of primary amides is 1. The number of hydrogen-bond acceptors (Lipinski definition) is 2. The molecular weight excluding hydrogens is 272 g/mol. The van der Waals surface area contributed by atoms with E-state index in [1.807, 2.05) is 72.8 Å². The summed E-state index contributed by atoms with van der Waals surface area (Å²) in [4.78, 5) is 11.5. The van der Waals surface area contributed by atoms with Crippen molar-refractivity contribution in [3.05, 3.63) is 84.4 Å². The number of nitrogens with one attached hydrogen (secondary N) is 1. The van der Waals surface area contributed by atoms with Crippen molar-refractivity contribution in [1.82, 2.24) is 0 Å². The van der Waals surface area contributed by atoms with Gasteiger partial charge in [0.2, 0.25) is 5.91 Å². The monoisotopic (exact) mass is 288 g/mol. The van der Waals surface area contributed by atoms with Gasteiger partial charge in [0.25, 0.3) is 0 Å². The molecule has 0 aliphatic carbocycles. The molecule has 3 rings (SSSR count). The van der Waals surface area contributed by atoms with E-state index < -0.39 is 5.91 Å². The number of amides is 1. The van der Waals surface area contributed by atoms with E-state index in [2.05, 4.69) is 5.32 Å². The highest BCUT2D eigenvalue weighted by molar-refractivity contribution is 5.99. The predicted octanol–water partition coefficient (Wildman–Crippen LogP) is 4.20. The lowest BCUT2D eigenvalue weighted by atomic mass is 9.99. The minimum absolute atomic E-state index is 0.415. The van der Waals surface area contributed by atoms with Gasteiger partial charge in [0.1, 0.15) is 0 Å². The highest BCUT2D eigenvalue weighted by Crippen LogP contribution is 2.26. The molecule has 0 fully saturated rings. The predicted molar refractivity (Wildman–Crippen MR) is 90.1 cm³/mol. The van der Waals surface area contributed by atoms with Crippen LogP contribution in [-0.2, 0) is 0 Å². The van der Waals surface area contributed by atoms with Crippen molar-refractivity contribution in [2.24, 2.45) is 5.73 Å². The second-order valence-corrected chi connectivity index (χ2v) is 4.98. The lowest BCUT2D eigenvalue weighted by molar-refractivity contribution is 0.100. The molecule has 1 amide bonds. The maximum atomic E-state index is 11.5. The first kappa shape index (κ1) is 13.9. The van der Waals surface area contributed by atoms with Crippen LogP contribution in [0.1, 0.15) is 10.4 Å². The number of hydrogen-bond donors (Lipinski definition) is 2. The zero-order valence-electron chi connectivity index (χ0n) is 12.0. The van der Waals surface area contributed by atoms with E-state index >= 15 is 0 Å². The van der Waals surface area contributed by atoms with Gasteiger partial charge >= 0.3 is 0 Å². The summed E-state index contributed by atoms with van der Waals surface area (Å²) in [6, 6.07) is 25.3. The van der Waals surface area contributed by atoms with Gasteiger partial charge in [0.05, 0.1) is 0 Å². The van der Waals surface area contributed by atoms with Gasteiger partial charge in [-0.15, -0.1) is 0 Å². The summed E-state index contributed by atoms with van der Waals surface area (Å²) in [5.74, 6) is -0.415. The lowest BCUT2D eigenvalue weighted by Gasteiger charge is -2.09. The van der Waals surface area contributed by atoms with Crippen LogP contribution in [0.15, 0.2) is 78.9 Å².